The van der Waals surface area contributed by atoms with Gasteiger partial charge in [0.15, 0.2) is 0 Å². The molecule has 0 saturated carbocycles. The Balaban J connectivity index is 1.90. The molecule has 0 bridgehead atoms. The van der Waals surface area contributed by atoms with E-state index in [2.05, 4.69) is 23.7 Å². The van der Waals surface area contributed by atoms with Crippen LogP contribution in [-0.2, 0) is 6.42 Å². The van der Waals surface area contributed by atoms with Crippen LogP contribution in [-0.4, -0.2) is 36.1 Å². The van der Waals surface area contributed by atoms with Crippen molar-refractivity contribution < 1.29 is 0 Å². The molecule has 2 unspecified atom stereocenters. The lowest BCUT2D eigenvalue weighted by Gasteiger charge is -2.31. The van der Waals surface area contributed by atoms with Crippen LogP contribution in [0.1, 0.15) is 42.5 Å². The van der Waals surface area contributed by atoms with Crippen LogP contribution in [0, 0.1) is 5.92 Å². The minimum absolute atomic E-state index is 0.453. The van der Waals surface area contributed by atoms with Crippen LogP contribution in [0.25, 0.3) is 0 Å². The summed E-state index contributed by atoms with van der Waals surface area (Å²) < 4.78 is 0. The van der Waals surface area contributed by atoms with Crippen molar-refractivity contribution in [3.63, 3.8) is 0 Å². The van der Waals surface area contributed by atoms with Gasteiger partial charge in [0.2, 0.25) is 0 Å². The minimum atomic E-state index is 0.453. The van der Waals surface area contributed by atoms with Crippen molar-refractivity contribution in [3.8, 4) is 0 Å². The Morgan fingerprint density at radius 3 is 3.17 bits per heavy atom. The zero-order valence-corrected chi connectivity index (χ0v) is 12.4. The van der Waals surface area contributed by atoms with Gasteiger partial charge in [-0.3, -0.25) is 0 Å². The number of hydrogen-bond donors (Lipinski definition) is 1. The number of rotatable bonds is 5. The molecule has 3 nitrogen and oxygen atoms in total. The lowest BCUT2D eigenvalue weighted by atomic mass is 9.95. The van der Waals surface area contributed by atoms with E-state index in [1.54, 1.807) is 0 Å². The average molecular weight is 267 g/mol. The summed E-state index contributed by atoms with van der Waals surface area (Å²) in [6.45, 7) is 8.86. The Bertz CT molecular complexity index is 364. The van der Waals surface area contributed by atoms with Gasteiger partial charge in [0.25, 0.3) is 0 Å². The van der Waals surface area contributed by atoms with Gasteiger partial charge in [0.1, 0.15) is 0 Å². The fraction of sp³-hybridized carbons (Fsp3) is 0.786. The maximum atomic E-state index is 5.71. The van der Waals surface area contributed by atoms with E-state index in [0.717, 1.165) is 12.3 Å². The minimum Gasteiger partial charge on any atom is -0.330 e. The Hall–Kier alpha value is -0.450. The van der Waals surface area contributed by atoms with E-state index in [1.807, 2.05) is 17.5 Å². The third-order valence-electron chi connectivity index (χ3n) is 3.92. The topological polar surface area (TPSA) is 42.2 Å². The summed E-state index contributed by atoms with van der Waals surface area (Å²) in [5, 5.41) is 1.30. The highest BCUT2D eigenvalue weighted by molar-refractivity contribution is 7.11. The Morgan fingerprint density at radius 2 is 2.44 bits per heavy atom. The third kappa shape index (κ3) is 3.53. The highest BCUT2D eigenvalue weighted by Crippen LogP contribution is 2.26. The molecule has 1 aromatic heterocycles. The normalized spacial score (nSPS) is 23.2. The SMILES string of the molecule is CCN1CCCC(Cc2ncc(C(C)CN)s2)C1. The van der Waals surface area contributed by atoms with Crippen molar-refractivity contribution in [1.82, 2.24) is 9.88 Å². The summed E-state index contributed by atoms with van der Waals surface area (Å²) in [5.74, 6) is 1.25. The molecule has 0 spiro atoms. The smallest absolute Gasteiger partial charge is 0.0931 e. The van der Waals surface area contributed by atoms with Crippen LogP contribution in [0.15, 0.2) is 6.20 Å². The monoisotopic (exact) mass is 267 g/mol. The molecule has 1 aliphatic heterocycles. The van der Waals surface area contributed by atoms with E-state index < -0.39 is 0 Å². The van der Waals surface area contributed by atoms with Crippen LogP contribution in [0.4, 0.5) is 0 Å². The van der Waals surface area contributed by atoms with Crippen LogP contribution in [0.3, 0.4) is 0 Å². The van der Waals surface area contributed by atoms with Gasteiger partial charge in [-0.2, -0.15) is 0 Å². The fourth-order valence-electron chi connectivity index (χ4n) is 2.61. The first-order valence-corrected chi connectivity index (χ1v) is 7.91. The quantitative estimate of drug-likeness (QED) is 0.891. The Labute approximate surface area is 114 Å². The molecule has 2 atom stereocenters. The zero-order chi connectivity index (χ0) is 13.0. The molecular formula is C14H25N3S. The number of nitrogens with zero attached hydrogens (tertiary/aromatic N) is 2. The van der Waals surface area contributed by atoms with Crippen LogP contribution >= 0.6 is 11.3 Å². The van der Waals surface area contributed by atoms with Crippen LogP contribution in [0.5, 0.6) is 0 Å². The van der Waals surface area contributed by atoms with Crippen molar-refractivity contribution in [2.45, 2.75) is 39.0 Å². The van der Waals surface area contributed by atoms with E-state index in [-0.39, 0.29) is 0 Å². The third-order valence-corrected chi connectivity index (χ3v) is 5.18. The highest BCUT2D eigenvalue weighted by atomic mass is 32.1. The number of thiazole rings is 1. The second-order valence-electron chi connectivity index (χ2n) is 5.40. The molecular weight excluding hydrogens is 242 g/mol. The molecule has 4 heteroatoms. The van der Waals surface area contributed by atoms with Gasteiger partial charge in [-0.25, -0.2) is 4.98 Å². The standard InChI is InChI=1S/C14H25N3S/c1-3-17-6-4-5-12(10-17)7-14-16-9-13(18-14)11(2)8-15/h9,11-12H,3-8,10,15H2,1-2H3. The van der Waals surface area contributed by atoms with Crippen molar-refractivity contribution >= 4 is 11.3 Å². The molecule has 18 heavy (non-hydrogen) atoms. The molecule has 1 saturated heterocycles. The van der Waals surface area contributed by atoms with E-state index in [0.29, 0.717) is 12.5 Å². The van der Waals surface area contributed by atoms with E-state index in [9.17, 15) is 0 Å². The molecule has 2 N–H and O–H groups in total. The Kier molecular flexibility index (Phi) is 5.15. The molecule has 0 aromatic carbocycles. The summed E-state index contributed by atoms with van der Waals surface area (Å²) in [5.41, 5.74) is 5.71. The number of aromatic nitrogens is 1. The second-order valence-corrected chi connectivity index (χ2v) is 6.55. The van der Waals surface area contributed by atoms with Crippen molar-refractivity contribution in [2.75, 3.05) is 26.2 Å². The lowest BCUT2D eigenvalue weighted by molar-refractivity contribution is 0.182. The number of piperidine rings is 1. The van der Waals surface area contributed by atoms with Gasteiger partial charge in [-0.05, 0) is 38.4 Å². The van der Waals surface area contributed by atoms with E-state index >= 15 is 0 Å². The average Bonchev–Trinajstić information content (AvgIpc) is 2.86. The van der Waals surface area contributed by atoms with Gasteiger partial charge in [0, 0.05) is 30.0 Å². The first-order chi connectivity index (χ1) is 8.72. The summed E-state index contributed by atoms with van der Waals surface area (Å²) in [6.07, 6.45) is 5.88. The van der Waals surface area contributed by atoms with Gasteiger partial charge in [-0.1, -0.05) is 13.8 Å². The predicted octanol–water partition coefficient (Wildman–Crippen LogP) is 2.48. The molecule has 2 heterocycles. The van der Waals surface area contributed by atoms with Crippen molar-refractivity contribution in [1.29, 1.82) is 0 Å². The van der Waals surface area contributed by atoms with Gasteiger partial charge < -0.3 is 10.6 Å². The zero-order valence-electron chi connectivity index (χ0n) is 11.6. The molecule has 2 rings (SSSR count). The van der Waals surface area contributed by atoms with Gasteiger partial charge in [-0.15, -0.1) is 11.3 Å². The highest BCUT2D eigenvalue weighted by Gasteiger charge is 2.20. The predicted molar refractivity (Wildman–Crippen MR) is 78.1 cm³/mol. The lowest BCUT2D eigenvalue weighted by Crippen LogP contribution is -2.35. The summed E-state index contributed by atoms with van der Waals surface area (Å²) in [4.78, 5) is 8.48. The molecule has 1 aromatic rings. The maximum absolute atomic E-state index is 5.71. The summed E-state index contributed by atoms with van der Waals surface area (Å²) in [6, 6.07) is 0. The van der Waals surface area contributed by atoms with Gasteiger partial charge in [0.05, 0.1) is 5.01 Å². The molecule has 102 valence electrons. The Morgan fingerprint density at radius 1 is 1.61 bits per heavy atom. The van der Waals surface area contributed by atoms with Crippen LogP contribution in [0.2, 0.25) is 0 Å². The number of nitrogens with two attached hydrogens (primary N) is 1. The van der Waals surface area contributed by atoms with Crippen molar-refractivity contribution in [2.24, 2.45) is 11.7 Å². The molecule has 1 aliphatic rings. The number of likely N-dealkylation sites (tertiary alicyclic amines) is 1. The molecule has 1 fully saturated rings. The molecule has 0 radical (unpaired) electrons. The maximum Gasteiger partial charge on any atom is 0.0931 e. The van der Waals surface area contributed by atoms with Crippen LogP contribution < -0.4 is 5.73 Å². The summed E-state index contributed by atoms with van der Waals surface area (Å²) >= 11 is 1.86. The van der Waals surface area contributed by atoms with Gasteiger partial charge >= 0.3 is 0 Å². The van der Waals surface area contributed by atoms with Crippen molar-refractivity contribution in [3.05, 3.63) is 16.1 Å². The second kappa shape index (κ2) is 6.64. The first kappa shape index (κ1) is 14.0. The first-order valence-electron chi connectivity index (χ1n) is 7.10. The van der Waals surface area contributed by atoms with E-state index in [4.69, 9.17) is 5.73 Å². The summed E-state index contributed by atoms with van der Waals surface area (Å²) in [7, 11) is 0. The molecule has 0 amide bonds. The molecule has 0 aliphatic carbocycles. The largest absolute Gasteiger partial charge is 0.330 e. The van der Waals surface area contributed by atoms with E-state index in [1.165, 1.54) is 42.4 Å². The fourth-order valence-corrected chi connectivity index (χ4v) is 3.71. The number of hydrogen-bond acceptors (Lipinski definition) is 4.